The monoisotopic (exact) mass is 521 g/mol. The summed E-state index contributed by atoms with van der Waals surface area (Å²) in [6, 6.07) is 3.85. The summed E-state index contributed by atoms with van der Waals surface area (Å²) >= 11 is 0. The molecule has 0 saturated carbocycles. The molecule has 1 aliphatic rings. The van der Waals surface area contributed by atoms with Gasteiger partial charge >= 0.3 is 0 Å². The molecule has 1 saturated heterocycles. The standard InChI is InChI=1S/C20H35N5O3.HI/c1-20(2,18(26)21-3)16-24-19(23-9-7-17-6-4-13-28-17)22-8-5-10-25-11-14-27-15-12-25;/h4,6,13H,5,7-12,14-16H2,1-3H3,(H,21,26)(H2,22,23,24);1H. The van der Waals surface area contributed by atoms with Crippen LogP contribution in [0.25, 0.3) is 0 Å². The summed E-state index contributed by atoms with van der Waals surface area (Å²) < 4.78 is 10.8. The van der Waals surface area contributed by atoms with Gasteiger partial charge in [-0.2, -0.15) is 0 Å². The summed E-state index contributed by atoms with van der Waals surface area (Å²) in [6.45, 7) is 10.4. The van der Waals surface area contributed by atoms with Crippen molar-refractivity contribution in [2.45, 2.75) is 26.7 Å². The highest BCUT2D eigenvalue weighted by Crippen LogP contribution is 2.15. The third-order valence-corrected chi connectivity index (χ3v) is 4.77. The number of morpholine rings is 1. The van der Waals surface area contributed by atoms with E-state index in [1.54, 1.807) is 13.3 Å². The van der Waals surface area contributed by atoms with E-state index in [9.17, 15) is 4.79 Å². The maximum absolute atomic E-state index is 12.0. The van der Waals surface area contributed by atoms with E-state index in [0.717, 1.165) is 64.0 Å². The van der Waals surface area contributed by atoms with Crippen LogP contribution in [-0.4, -0.2) is 76.3 Å². The van der Waals surface area contributed by atoms with Crippen molar-refractivity contribution in [1.82, 2.24) is 20.9 Å². The molecule has 0 aliphatic carbocycles. The van der Waals surface area contributed by atoms with Crippen LogP contribution in [0.5, 0.6) is 0 Å². The van der Waals surface area contributed by atoms with Crippen molar-refractivity contribution in [1.29, 1.82) is 0 Å². The molecule has 1 fully saturated rings. The van der Waals surface area contributed by atoms with Crippen LogP contribution in [0.4, 0.5) is 0 Å². The Balaban J connectivity index is 0.00000420. The quantitative estimate of drug-likeness (QED) is 0.187. The number of hydrogen-bond acceptors (Lipinski definition) is 5. The smallest absolute Gasteiger partial charge is 0.227 e. The van der Waals surface area contributed by atoms with Crippen LogP contribution in [0, 0.1) is 5.41 Å². The first-order chi connectivity index (χ1) is 13.5. The lowest BCUT2D eigenvalue weighted by Gasteiger charge is -2.26. The SMILES string of the molecule is CNC(=O)C(C)(C)CN=C(NCCCN1CCOCC1)NCCc1ccco1.I. The van der Waals surface area contributed by atoms with E-state index in [-0.39, 0.29) is 29.9 Å². The Morgan fingerprint density at radius 1 is 1.24 bits per heavy atom. The number of amides is 1. The van der Waals surface area contributed by atoms with Crippen LogP contribution in [0.2, 0.25) is 0 Å². The lowest BCUT2D eigenvalue weighted by Crippen LogP contribution is -2.43. The molecule has 2 heterocycles. The highest BCUT2D eigenvalue weighted by Gasteiger charge is 2.26. The van der Waals surface area contributed by atoms with Gasteiger partial charge in [0, 0.05) is 39.6 Å². The van der Waals surface area contributed by atoms with Crippen molar-refractivity contribution in [3.05, 3.63) is 24.2 Å². The molecule has 166 valence electrons. The molecule has 9 heteroatoms. The summed E-state index contributed by atoms with van der Waals surface area (Å²) in [6.07, 6.45) is 3.48. The van der Waals surface area contributed by atoms with Gasteiger partial charge in [-0.1, -0.05) is 0 Å². The second-order valence-corrected chi connectivity index (χ2v) is 7.62. The normalized spacial score (nSPS) is 15.5. The zero-order chi connectivity index (χ0) is 20.2. The molecule has 29 heavy (non-hydrogen) atoms. The first kappa shape index (κ1) is 25.7. The summed E-state index contributed by atoms with van der Waals surface area (Å²) in [5, 5.41) is 9.43. The maximum Gasteiger partial charge on any atom is 0.227 e. The van der Waals surface area contributed by atoms with Crippen LogP contribution in [-0.2, 0) is 16.0 Å². The molecule has 1 aromatic rings. The van der Waals surface area contributed by atoms with Gasteiger partial charge in [0.2, 0.25) is 5.91 Å². The van der Waals surface area contributed by atoms with E-state index in [1.165, 1.54) is 0 Å². The van der Waals surface area contributed by atoms with E-state index in [2.05, 4.69) is 25.8 Å². The zero-order valence-corrected chi connectivity index (χ0v) is 20.2. The van der Waals surface area contributed by atoms with E-state index >= 15 is 0 Å². The lowest BCUT2D eigenvalue weighted by atomic mass is 9.93. The van der Waals surface area contributed by atoms with Crippen LogP contribution in [0.3, 0.4) is 0 Å². The van der Waals surface area contributed by atoms with Gasteiger partial charge in [-0.25, -0.2) is 0 Å². The number of nitrogens with zero attached hydrogens (tertiary/aromatic N) is 2. The molecular formula is C20H36IN5O3. The second kappa shape index (κ2) is 13.8. The Bertz CT molecular complexity index is 601. The van der Waals surface area contributed by atoms with Crippen molar-refractivity contribution in [2.75, 3.05) is 59.5 Å². The molecule has 0 aromatic carbocycles. The number of furan rings is 1. The maximum atomic E-state index is 12.0. The second-order valence-electron chi connectivity index (χ2n) is 7.62. The number of rotatable bonds is 10. The molecule has 1 amide bonds. The Labute approximate surface area is 191 Å². The number of carbonyl (C=O) groups excluding carboxylic acids is 1. The lowest BCUT2D eigenvalue weighted by molar-refractivity contribution is -0.128. The Hall–Kier alpha value is -1.33. The Kier molecular flexibility index (Phi) is 12.2. The Morgan fingerprint density at radius 2 is 1.97 bits per heavy atom. The number of aliphatic imine (C=N–C) groups is 1. The van der Waals surface area contributed by atoms with Crippen LogP contribution < -0.4 is 16.0 Å². The van der Waals surface area contributed by atoms with Crippen molar-refractivity contribution in [3.8, 4) is 0 Å². The third-order valence-electron chi connectivity index (χ3n) is 4.77. The molecule has 0 spiro atoms. The van der Waals surface area contributed by atoms with Crippen LogP contribution >= 0.6 is 24.0 Å². The van der Waals surface area contributed by atoms with E-state index in [1.807, 2.05) is 26.0 Å². The van der Waals surface area contributed by atoms with E-state index in [4.69, 9.17) is 9.15 Å². The topological polar surface area (TPSA) is 91.1 Å². The van der Waals surface area contributed by atoms with Crippen LogP contribution in [0.1, 0.15) is 26.0 Å². The highest BCUT2D eigenvalue weighted by molar-refractivity contribution is 14.0. The third kappa shape index (κ3) is 9.81. The largest absolute Gasteiger partial charge is 0.469 e. The van der Waals surface area contributed by atoms with Gasteiger partial charge < -0.3 is 25.1 Å². The molecule has 0 radical (unpaired) electrons. The molecule has 2 rings (SSSR count). The van der Waals surface area contributed by atoms with Crippen molar-refractivity contribution in [2.24, 2.45) is 10.4 Å². The summed E-state index contributed by atoms with van der Waals surface area (Å²) in [4.78, 5) is 19.1. The number of guanidine groups is 1. The van der Waals surface area contributed by atoms with Gasteiger partial charge in [0.25, 0.3) is 0 Å². The summed E-state index contributed by atoms with van der Waals surface area (Å²) in [7, 11) is 1.65. The number of ether oxygens (including phenoxy) is 1. The van der Waals surface area contributed by atoms with Crippen LogP contribution in [0.15, 0.2) is 27.8 Å². The van der Waals surface area contributed by atoms with Crippen molar-refractivity contribution >= 4 is 35.8 Å². The minimum atomic E-state index is -0.557. The van der Waals surface area contributed by atoms with E-state index < -0.39 is 5.41 Å². The van der Waals surface area contributed by atoms with E-state index in [0.29, 0.717) is 13.1 Å². The summed E-state index contributed by atoms with van der Waals surface area (Å²) in [5.74, 6) is 1.65. The van der Waals surface area contributed by atoms with Gasteiger partial charge in [0.1, 0.15) is 5.76 Å². The van der Waals surface area contributed by atoms with Gasteiger partial charge in [-0.3, -0.25) is 14.7 Å². The van der Waals surface area contributed by atoms with Crippen molar-refractivity contribution in [3.63, 3.8) is 0 Å². The minimum absolute atomic E-state index is 0. The fraction of sp³-hybridized carbons (Fsp3) is 0.700. The number of carbonyl (C=O) groups is 1. The Morgan fingerprint density at radius 3 is 2.62 bits per heavy atom. The minimum Gasteiger partial charge on any atom is -0.469 e. The average molecular weight is 521 g/mol. The zero-order valence-electron chi connectivity index (χ0n) is 17.8. The molecule has 3 N–H and O–H groups in total. The molecule has 1 aliphatic heterocycles. The molecule has 1 aromatic heterocycles. The summed E-state index contributed by atoms with van der Waals surface area (Å²) in [5.41, 5.74) is -0.557. The number of halogens is 1. The predicted molar refractivity (Wildman–Crippen MR) is 126 cm³/mol. The average Bonchev–Trinajstić information content (AvgIpc) is 3.22. The molecule has 0 atom stereocenters. The molecular weight excluding hydrogens is 485 g/mol. The number of nitrogens with one attached hydrogen (secondary N) is 3. The molecule has 8 nitrogen and oxygen atoms in total. The predicted octanol–water partition coefficient (Wildman–Crippen LogP) is 1.47. The van der Waals surface area contributed by atoms with Gasteiger partial charge in [-0.05, 0) is 38.9 Å². The number of hydrogen-bond donors (Lipinski definition) is 3. The first-order valence-electron chi connectivity index (χ1n) is 10.1. The van der Waals surface area contributed by atoms with Gasteiger partial charge in [0.05, 0.1) is 31.4 Å². The highest BCUT2D eigenvalue weighted by atomic mass is 127. The van der Waals surface area contributed by atoms with Crippen molar-refractivity contribution < 1.29 is 13.9 Å². The van der Waals surface area contributed by atoms with Gasteiger partial charge in [-0.15, -0.1) is 24.0 Å². The fourth-order valence-electron chi connectivity index (χ4n) is 2.95. The fourth-order valence-corrected chi connectivity index (χ4v) is 2.95. The molecule has 0 bridgehead atoms. The van der Waals surface area contributed by atoms with Gasteiger partial charge in [0.15, 0.2) is 5.96 Å². The first-order valence-corrected chi connectivity index (χ1v) is 10.1. The molecule has 0 unspecified atom stereocenters.